The number of rotatable bonds is 3. The number of alkyl carbamates (subject to hydrolysis) is 1. The quantitative estimate of drug-likeness (QED) is 0.689. The van der Waals surface area contributed by atoms with E-state index in [1.165, 1.54) is 0 Å². The summed E-state index contributed by atoms with van der Waals surface area (Å²) < 4.78 is 5.10. The molecule has 0 spiro atoms. The van der Waals surface area contributed by atoms with Crippen LogP contribution in [0.4, 0.5) is 4.79 Å². The second-order valence-electron chi connectivity index (χ2n) is 3.80. The van der Waals surface area contributed by atoms with Gasteiger partial charge in [-0.3, -0.25) is 0 Å². The number of nitrogens with two attached hydrogens (primary N) is 1. The third-order valence-corrected chi connectivity index (χ3v) is 2.61. The van der Waals surface area contributed by atoms with Gasteiger partial charge in [-0.1, -0.05) is 12.1 Å². The third kappa shape index (κ3) is 2.25. The fourth-order valence-corrected chi connectivity index (χ4v) is 1.81. The van der Waals surface area contributed by atoms with Crippen LogP contribution in [0.25, 0.3) is 0 Å². The van der Waals surface area contributed by atoms with Crippen LogP contribution in [-0.4, -0.2) is 29.9 Å². The molecular formula is C11H14N2O3. The molecule has 1 aliphatic rings. The molecule has 1 aromatic rings. The van der Waals surface area contributed by atoms with Gasteiger partial charge in [0.05, 0.1) is 6.04 Å². The topological polar surface area (TPSA) is 84.6 Å². The molecule has 2 atom stereocenters. The van der Waals surface area contributed by atoms with Crippen molar-refractivity contribution in [2.45, 2.75) is 18.6 Å². The summed E-state index contributed by atoms with van der Waals surface area (Å²) in [5.41, 5.74) is 6.44. The van der Waals surface area contributed by atoms with Crippen LogP contribution in [0.5, 0.6) is 5.75 Å². The summed E-state index contributed by atoms with van der Waals surface area (Å²) >= 11 is 0. The van der Waals surface area contributed by atoms with Crippen molar-refractivity contribution in [2.75, 3.05) is 6.54 Å². The standard InChI is InChI=1S/C11H14N2O3/c12-6-9-10(16-11(15)13-9)5-7-2-1-3-8(14)4-7/h1-4,9-10,14H,5-6,12H2,(H,13,15). The van der Waals surface area contributed by atoms with Crippen molar-refractivity contribution >= 4 is 6.09 Å². The molecule has 2 rings (SSSR count). The van der Waals surface area contributed by atoms with E-state index in [1.807, 2.05) is 6.07 Å². The van der Waals surface area contributed by atoms with Crippen molar-refractivity contribution in [3.05, 3.63) is 29.8 Å². The van der Waals surface area contributed by atoms with Gasteiger partial charge < -0.3 is 20.9 Å². The van der Waals surface area contributed by atoms with Crippen LogP contribution in [0.1, 0.15) is 5.56 Å². The molecule has 1 amide bonds. The summed E-state index contributed by atoms with van der Waals surface area (Å²) in [4.78, 5) is 11.0. The summed E-state index contributed by atoms with van der Waals surface area (Å²) in [7, 11) is 0. The van der Waals surface area contributed by atoms with Crippen LogP contribution in [-0.2, 0) is 11.2 Å². The molecule has 1 aromatic carbocycles. The fraction of sp³-hybridized carbons (Fsp3) is 0.364. The van der Waals surface area contributed by atoms with Gasteiger partial charge in [-0.2, -0.15) is 0 Å². The van der Waals surface area contributed by atoms with E-state index < -0.39 is 6.09 Å². The molecule has 16 heavy (non-hydrogen) atoms. The number of benzene rings is 1. The molecule has 0 radical (unpaired) electrons. The Morgan fingerprint density at radius 2 is 2.31 bits per heavy atom. The molecule has 2 unspecified atom stereocenters. The second kappa shape index (κ2) is 4.40. The number of nitrogens with one attached hydrogen (secondary N) is 1. The van der Waals surface area contributed by atoms with E-state index in [2.05, 4.69) is 5.32 Å². The molecule has 1 heterocycles. The lowest BCUT2D eigenvalue weighted by Crippen LogP contribution is -2.39. The van der Waals surface area contributed by atoms with Gasteiger partial charge in [-0.25, -0.2) is 4.79 Å². The summed E-state index contributed by atoms with van der Waals surface area (Å²) in [5.74, 6) is 0.207. The molecule has 0 bridgehead atoms. The predicted molar refractivity (Wildman–Crippen MR) is 58.1 cm³/mol. The highest BCUT2D eigenvalue weighted by Gasteiger charge is 2.32. The molecule has 86 valence electrons. The van der Waals surface area contributed by atoms with Crippen molar-refractivity contribution in [1.82, 2.24) is 5.32 Å². The molecule has 1 saturated heterocycles. The maximum Gasteiger partial charge on any atom is 0.407 e. The lowest BCUT2D eigenvalue weighted by atomic mass is 10.0. The van der Waals surface area contributed by atoms with Gasteiger partial charge in [0.2, 0.25) is 0 Å². The Kier molecular flexibility index (Phi) is 2.96. The largest absolute Gasteiger partial charge is 0.508 e. The molecule has 4 N–H and O–H groups in total. The maximum atomic E-state index is 11.0. The van der Waals surface area contributed by atoms with Gasteiger partial charge in [0.1, 0.15) is 11.9 Å². The summed E-state index contributed by atoms with van der Waals surface area (Å²) in [5, 5.41) is 12.0. The SMILES string of the molecule is NCC1NC(=O)OC1Cc1cccc(O)c1. The van der Waals surface area contributed by atoms with Crippen molar-refractivity contribution in [2.24, 2.45) is 5.73 Å². The lowest BCUT2D eigenvalue weighted by molar-refractivity contribution is 0.132. The molecule has 0 aliphatic carbocycles. The average molecular weight is 222 g/mol. The third-order valence-electron chi connectivity index (χ3n) is 2.61. The van der Waals surface area contributed by atoms with Gasteiger partial charge in [0.15, 0.2) is 0 Å². The zero-order valence-corrected chi connectivity index (χ0v) is 8.72. The Balaban J connectivity index is 2.06. The Morgan fingerprint density at radius 1 is 1.50 bits per heavy atom. The Labute approximate surface area is 93.2 Å². The van der Waals surface area contributed by atoms with Gasteiger partial charge in [0, 0.05) is 13.0 Å². The van der Waals surface area contributed by atoms with E-state index in [4.69, 9.17) is 10.5 Å². The van der Waals surface area contributed by atoms with Crippen LogP contribution in [0.15, 0.2) is 24.3 Å². The van der Waals surface area contributed by atoms with E-state index in [0.29, 0.717) is 13.0 Å². The summed E-state index contributed by atoms with van der Waals surface area (Å²) in [6.45, 7) is 0.342. The molecule has 0 aromatic heterocycles. The monoisotopic (exact) mass is 222 g/mol. The van der Waals surface area contributed by atoms with Crippen molar-refractivity contribution in [3.63, 3.8) is 0 Å². The fourth-order valence-electron chi connectivity index (χ4n) is 1.81. The predicted octanol–water partition coefficient (Wildman–Crippen LogP) is 0.370. The highest BCUT2D eigenvalue weighted by Crippen LogP contribution is 2.17. The zero-order valence-electron chi connectivity index (χ0n) is 8.72. The number of amides is 1. The second-order valence-corrected chi connectivity index (χ2v) is 3.80. The van der Waals surface area contributed by atoms with Gasteiger partial charge in [-0.05, 0) is 17.7 Å². The van der Waals surface area contributed by atoms with E-state index >= 15 is 0 Å². The highest BCUT2D eigenvalue weighted by atomic mass is 16.6. The van der Waals surface area contributed by atoms with Gasteiger partial charge in [0.25, 0.3) is 0 Å². The average Bonchev–Trinajstić information content (AvgIpc) is 2.59. The Hall–Kier alpha value is -1.75. The lowest BCUT2D eigenvalue weighted by Gasteiger charge is -2.14. The number of hydrogen-bond donors (Lipinski definition) is 3. The van der Waals surface area contributed by atoms with E-state index in [9.17, 15) is 9.90 Å². The van der Waals surface area contributed by atoms with Crippen LogP contribution < -0.4 is 11.1 Å². The van der Waals surface area contributed by atoms with Crippen molar-refractivity contribution < 1.29 is 14.6 Å². The summed E-state index contributed by atoms with van der Waals surface area (Å²) in [6, 6.07) is 6.73. The van der Waals surface area contributed by atoms with E-state index in [1.54, 1.807) is 18.2 Å². The molecule has 1 aliphatic heterocycles. The van der Waals surface area contributed by atoms with Crippen molar-refractivity contribution in [3.8, 4) is 5.75 Å². The van der Waals surface area contributed by atoms with Gasteiger partial charge >= 0.3 is 6.09 Å². The number of phenols is 1. The van der Waals surface area contributed by atoms with Crippen LogP contribution in [0.2, 0.25) is 0 Å². The first kappa shape index (κ1) is 10.8. The molecular weight excluding hydrogens is 208 g/mol. The number of carbonyl (C=O) groups is 1. The van der Waals surface area contributed by atoms with Crippen LogP contribution >= 0.6 is 0 Å². The maximum absolute atomic E-state index is 11.0. The number of carbonyl (C=O) groups excluding carboxylic acids is 1. The zero-order chi connectivity index (χ0) is 11.5. The number of phenolic OH excluding ortho intramolecular Hbond substituents is 1. The Morgan fingerprint density at radius 3 is 3.00 bits per heavy atom. The highest BCUT2D eigenvalue weighted by molar-refractivity contribution is 5.70. The first-order chi connectivity index (χ1) is 7.69. The summed E-state index contributed by atoms with van der Waals surface area (Å²) in [6.07, 6.45) is -0.144. The van der Waals surface area contributed by atoms with Crippen LogP contribution in [0, 0.1) is 0 Å². The first-order valence-corrected chi connectivity index (χ1v) is 5.14. The first-order valence-electron chi connectivity index (χ1n) is 5.14. The van der Waals surface area contributed by atoms with Crippen molar-refractivity contribution in [1.29, 1.82) is 0 Å². The van der Waals surface area contributed by atoms with Crippen LogP contribution in [0.3, 0.4) is 0 Å². The number of ether oxygens (including phenoxy) is 1. The number of hydrogen-bond acceptors (Lipinski definition) is 4. The Bertz CT molecular complexity index is 395. The number of cyclic esters (lactones) is 1. The molecule has 5 nitrogen and oxygen atoms in total. The minimum absolute atomic E-state index is 0.158. The minimum Gasteiger partial charge on any atom is -0.508 e. The number of aromatic hydroxyl groups is 1. The smallest absolute Gasteiger partial charge is 0.407 e. The van der Waals surface area contributed by atoms with Gasteiger partial charge in [-0.15, -0.1) is 0 Å². The minimum atomic E-state index is -0.430. The normalized spacial score (nSPS) is 23.9. The molecule has 5 heteroatoms. The molecule has 1 fully saturated rings. The van der Waals surface area contributed by atoms with E-state index in [0.717, 1.165) is 5.56 Å². The van der Waals surface area contributed by atoms with E-state index in [-0.39, 0.29) is 17.9 Å². The molecule has 0 saturated carbocycles.